The van der Waals surface area contributed by atoms with E-state index >= 15 is 0 Å². The van der Waals surface area contributed by atoms with E-state index in [4.69, 9.17) is 0 Å². The minimum absolute atomic E-state index is 0.111. The van der Waals surface area contributed by atoms with Crippen LogP contribution in [-0.4, -0.2) is 40.7 Å². The Morgan fingerprint density at radius 1 is 0.742 bits per heavy atom. The highest BCUT2D eigenvalue weighted by Gasteiger charge is 2.40. The first-order chi connectivity index (χ1) is 14.5. The van der Waals surface area contributed by atoms with Gasteiger partial charge in [-0.25, -0.2) is 26.7 Å². The normalized spacial score (nSPS) is 16.6. The third kappa shape index (κ3) is 5.07. The number of barbiturate groups is 1. The van der Waals surface area contributed by atoms with Crippen LogP contribution in [-0.2, 0) is 9.59 Å². The Balaban J connectivity index is 1.77. The molecule has 1 aliphatic heterocycles. The zero-order valence-electron chi connectivity index (χ0n) is 16.2. The topological polar surface area (TPSA) is 57.7 Å². The SMILES string of the molecule is Cc1cc(F)cc([C@H](F)CN2C(=O)CC(=O)N(C[C@@H](F)c3cc(F)cc(F)c3)C2=O)c1. The van der Waals surface area contributed by atoms with Crippen LogP contribution in [0.1, 0.15) is 35.5 Å². The van der Waals surface area contributed by atoms with Crippen LogP contribution in [0.3, 0.4) is 0 Å². The summed E-state index contributed by atoms with van der Waals surface area (Å²) in [5, 5.41) is 0. The number of carbonyl (C=O) groups is 3. The van der Waals surface area contributed by atoms with E-state index in [1.807, 2.05) is 0 Å². The van der Waals surface area contributed by atoms with E-state index in [1.54, 1.807) is 0 Å². The van der Waals surface area contributed by atoms with Crippen LogP contribution in [0.5, 0.6) is 0 Å². The number of aryl methyl sites for hydroxylation is 1. The molecular formula is C21H17F5N2O3. The second kappa shape index (κ2) is 8.83. The van der Waals surface area contributed by atoms with Crippen molar-refractivity contribution in [2.75, 3.05) is 13.1 Å². The molecule has 164 valence electrons. The van der Waals surface area contributed by atoms with Gasteiger partial charge in [-0.15, -0.1) is 0 Å². The lowest BCUT2D eigenvalue weighted by atomic mass is 10.1. The number of rotatable bonds is 6. The van der Waals surface area contributed by atoms with E-state index in [1.165, 1.54) is 19.1 Å². The van der Waals surface area contributed by atoms with Crippen molar-refractivity contribution in [2.45, 2.75) is 25.7 Å². The van der Waals surface area contributed by atoms with Gasteiger partial charge < -0.3 is 0 Å². The molecule has 3 rings (SSSR count). The summed E-state index contributed by atoms with van der Waals surface area (Å²) in [7, 11) is 0. The summed E-state index contributed by atoms with van der Waals surface area (Å²) in [5.41, 5.74) is -0.131. The molecule has 0 saturated carbocycles. The Hall–Kier alpha value is -3.30. The maximum atomic E-state index is 14.7. The number of hydrogen-bond donors (Lipinski definition) is 0. The molecule has 0 spiro atoms. The number of halogens is 5. The molecule has 4 amide bonds. The maximum Gasteiger partial charge on any atom is 0.333 e. The van der Waals surface area contributed by atoms with E-state index in [0.717, 1.165) is 6.07 Å². The molecule has 1 aliphatic rings. The molecule has 5 nitrogen and oxygen atoms in total. The Morgan fingerprint density at radius 3 is 1.61 bits per heavy atom. The van der Waals surface area contributed by atoms with Gasteiger partial charge in [-0.05, 0) is 47.9 Å². The highest BCUT2D eigenvalue weighted by molar-refractivity contribution is 6.14. The van der Waals surface area contributed by atoms with Crippen LogP contribution in [0, 0.1) is 24.4 Å². The van der Waals surface area contributed by atoms with Gasteiger partial charge in [0.25, 0.3) is 0 Å². The molecule has 0 aliphatic carbocycles. The quantitative estimate of drug-likeness (QED) is 0.497. The van der Waals surface area contributed by atoms with E-state index in [0.29, 0.717) is 33.6 Å². The van der Waals surface area contributed by atoms with Gasteiger partial charge in [-0.1, -0.05) is 6.07 Å². The van der Waals surface area contributed by atoms with Crippen LogP contribution in [0.15, 0.2) is 36.4 Å². The van der Waals surface area contributed by atoms with Crippen molar-refractivity contribution in [2.24, 2.45) is 0 Å². The number of hydrogen-bond acceptors (Lipinski definition) is 3. The molecule has 0 radical (unpaired) electrons. The first kappa shape index (κ1) is 22.4. The van der Waals surface area contributed by atoms with Crippen molar-refractivity contribution in [3.05, 3.63) is 70.5 Å². The Bertz CT molecular complexity index is 926. The van der Waals surface area contributed by atoms with Gasteiger partial charge in [-0.3, -0.25) is 19.4 Å². The highest BCUT2D eigenvalue weighted by atomic mass is 19.1. The number of benzene rings is 2. The lowest BCUT2D eigenvalue weighted by Crippen LogP contribution is -2.56. The second-order valence-corrected chi connectivity index (χ2v) is 7.17. The lowest BCUT2D eigenvalue weighted by Gasteiger charge is -2.34. The Labute approximate surface area is 174 Å². The van der Waals surface area contributed by atoms with E-state index < -0.39 is 72.7 Å². The fourth-order valence-corrected chi connectivity index (χ4v) is 3.27. The van der Waals surface area contributed by atoms with Crippen LogP contribution in [0.4, 0.5) is 26.7 Å². The van der Waals surface area contributed by atoms with Crippen LogP contribution < -0.4 is 0 Å². The Morgan fingerprint density at radius 2 is 1.16 bits per heavy atom. The van der Waals surface area contributed by atoms with Crippen molar-refractivity contribution in [3.63, 3.8) is 0 Å². The van der Waals surface area contributed by atoms with Crippen molar-refractivity contribution in [1.29, 1.82) is 0 Å². The average molecular weight is 440 g/mol. The number of urea groups is 1. The molecule has 1 heterocycles. The molecule has 10 heteroatoms. The molecule has 31 heavy (non-hydrogen) atoms. The summed E-state index contributed by atoms with van der Waals surface area (Å²) in [4.78, 5) is 37.7. The first-order valence-electron chi connectivity index (χ1n) is 9.21. The van der Waals surface area contributed by atoms with Crippen LogP contribution >= 0.6 is 0 Å². The Kier molecular flexibility index (Phi) is 6.37. The van der Waals surface area contributed by atoms with E-state index in [-0.39, 0.29) is 5.56 Å². The standard InChI is InChI=1S/C21H17F5N2O3/c1-11-2-12(4-14(22)3-11)17(25)9-27-19(29)8-20(30)28(21(27)31)10-18(26)13-5-15(23)7-16(24)6-13/h2-7,17-18H,8-10H2,1H3/t17-,18-/m1/s1. The molecule has 1 fully saturated rings. The smallest absolute Gasteiger partial charge is 0.274 e. The summed E-state index contributed by atoms with van der Waals surface area (Å²) in [6.45, 7) is -0.191. The second-order valence-electron chi connectivity index (χ2n) is 7.17. The number of imide groups is 2. The van der Waals surface area contributed by atoms with Gasteiger partial charge in [0, 0.05) is 6.07 Å². The third-order valence-electron chi connectivity index (χ3n) is 4.72. The monoisotopic (exact) mass is 440 g/mol. The molecule has 2 aromatic rings. The van der Waals surface area contributed by atoms with Gasteiger partial charge in [0.05, 0.1) is 13.1 Å². The molecule has 0 bridgehead atoms. The lowest BCUT2D eigenvalue weighted by molar-refractivity contribution is -0.143. The van der Waals surface area contributed by atoms with E-state index in [9.17, 15) is 36.3 Å². The van der Waals surface area contributed by atoms with Crippen LogP contribution in [0.25, 0.3) is 0 Å². The summed E-state index contributed by atoms with van der Waals surface area (Å²) >= 11 is 0. The summed E-state index contributed by atoms with van der Waals surface area (Å²) in [5.74, 6) is -4.81. The summed E-state index contributed by atoms with van der Waals surface area (Å²) < 4.78 is 69.4. The zero-order valence-corrected chi connectivity index (χ0v) is 16.2. The summed E-state index contributed by atoms with van der Waals surface area (Å²) in [6.07, 6.45) is -4.90. The van der Waals surface area contributed by atoms with Crippen LogP contribution in [0.2, 0.25) is 0 Å². The van der Waals surface area contributed by atoms with Gasteiger partial charge in [0.2, 0.25) is 11.8 Å². The van der Waals surface area contributed by atoms with Gasteiger partial charge in [0.1, 0.15) is 36.2 Å². The maximum absolute atomic E-state index is 14.7. The average Bonchev–Trinajstić information content (AvgIpc) is 2.66. The van der Waals surface area contributed by atoms with Crippen molar-refractivity contribution < 1.29 is 36.3 Å². The van der Waals surface area contributed by atoms with Crippen molar-refractivity contribution in [1.82, 2.24) is 9.80 Å². The van der Waals surface area contributed by atoms with Crippen molar-refractivity contribution >= 4 is 17.8 Å². The minimum Gasteiger partial charge on any atom is -0.274 e. The predicted molar refractivity (Wildman–Crippen MR) is 98.6 cm³/mol. The number of alkyl halides is 2. The predicted octanol–water partition coefficient (Wildman–Crippen LogP) is 4.31. The molecule has 1 saturated heterocycles. The largest absolute Gasteiger partial charge is 0.333 e. The van der Waals surface area contributed by atoms with E-state index in [2.05, 4.69) is 0 Å². The summed E-state index contributed by atoms with van der Waals surface area (Å²) in [6, 6.07) is 4.10. The number of carbonyl (C=O) groups excluding carboxylic acids is 3. The fourth-order valence-electron chi connectivity index (χ4n) is 3.27. The third-order valence-corrected chi connectivity index (χ3v) is 4.72. The van der Waals surface area contributed by atoms with Gasteiger partial charge >= 0.3 is 6.03 Å². The van der Waals surface area contributed by atoms with Gasteiger partial charge in [-0.2, -0.15) is 0 Å². The molecule has 2 atom stereocenters. The zero-order chi connectivity index (χ0) is 22.9. The van der Waals surface area contributed by atoms with Gasteiger partial charge in [0.15, 0.2) is 0 Å². The molecule has 0 aromatic heterocycles. The highest BCUT2D eigenvalue weighted by Crippen LogP contribution is 2.26. The number of nitrogens with zero attached hydrogens (tertiary/aromatic N) is 2. The molecule has 0 N–H and O–H groups in total. The first-order valence-corrected chi connectivity index (χ1v) is 9.21. The molecule has 0 unspecified atom stereocenters. The molecular weight excluding hydrogens is 423 g/mol. The minimum atomic E-state index is -2.14. The fraction of sp³-hybridized carbons (Fsp3) is 0.286. The number of amides is 4. The van der Waals surface area contributed by atoms with Crippen molar-refractivity contribution in [3.8, 4) is 0 Å². The molecule has 2 aromatic carbocycles.